The molecule has 0 aliphatic heterocycles. The number of hydrogen-bond acceptors (Lipinski definition) is 4. The van der Waals surface area contributed by atoms with E-state index in [1.165, 1.54) is 12.2 Å². The van der Waals surface area contributed by atoms with Crippen molar-refractivity contribution < 1.29 is 23.7 Å². The number of rotatable bonds is 8. The lowest BCUT2D eigenvalue weighted by Gasteiger charge is -2.16. The molecular weight excluding hydrogens is 354 g/mol. The van der Waals surface area contributed by atoms with Gasteiger partial charge in [-0.05, 0) is 25.1 Å². The van der Waals surface area contributed by atoms with Crippen LogP contribution in [-0.4, -0.2) is 10.2 Å². The fourth-order valence-electron chi connectivity index (χ4n) is 2.23. The quantitative estimate of drug-likeness (QED) is 0.338. The maximum absolute atomic E-state index is 12.1. The zero-order valence-corrected chi connectivity index (χ0v) is 15.2. The van der Waals surface area contributed by atoms with Crippen LogP contribution in [0.2, 0.25) is 0 Å². The Morgan fingerprint density at radius 2 is 1.85 bits per heavy atom. The first kappa shape index (κ1) is 19.7. The van der Waals surface area contributed by atoms with Gasteiger partial charge in [-0.2, -0.15) is 0 Å². The summed E-state index contributed by atoms with van der Waals surface area (Å²) >= 11 is 0. The Morgan fingerprint density at radius 1 is 1.12 bits per heavy atom. The lowest BCUT2D eigenvalue weighted by atomic mass is 10.1. The standard InChI is InChI=1S/C20H20FO4P/c1-15(17-9-2-4-11-19(17)23)24-26-25-20-12-5-3-10-18(20)16(14-22)8-6-7-13-21/h2-15,22-23,26H,1H3/b8-6-,13-7-,16-14-. The van der Waals surface area contributed by atoms with Gasteiger partial charge in [-0.3, -0.25) is 0 Å². The van der Waals surface area contributed by atoms with Crippen molar-refractivity contribution >= 4 is 14.6 Å². The zero-order chi connectivity index (χ0) is 18.8. The molecule has 0 bridgehead atoms. The molecule has 2 aromatic rings. The summed E-state index contributed by atoms with van der Waals surface area (Å²) in [5, 5.41) is 19.3. The molecule has 2 atom stereocenters. The van der Waals surface area contributed by atoms with Crippen molar-refractivity contribution in [3.63, 3.8) is 0 Å². The van der Waals surface area contributed by atoms with Crippen LogP contribution in [0.1, 0.15) is 24.2 Å². The molecule has 2 unspecified atom stereocenters. The summed E-state index contributed by atoms with van der Waals surface area (Å²) in [5.74, 6) is 0.686. The smallest absolute Gasteiger partial charge is 0.215 e. The molecule has 0 saturated carbocycles. The lowest BCUT2D eigenvalue weighted by molar-refractivity contribution is 0.236. The number of aliphatic hydroxyl groups is 1. The Bertz CT molecular complexity index is 802. The third-order valence-corrected chi connectivity index (χ3v) is 4.30. The molecule has 26 heavy (non-hydrogen) atoms. The molecule has 0 aliphatic carbocycles. The SMILES string of the molecule is CC(OPOc1ccccc1C(/C=C\C=C/F)=C\O)c1ccccc1O. The van der Waals surface area contributed by atoms with Gasteiger partial charge in [-0.15, -0.1) is 0 Å². The average molecular weight is 374 g/mol. The predicted molar refractivity (Wildman–Crippen MR) is 103 cm³/mol. The molecule has 0 aliphatic rings. The van der Waals surface area contributed by atoms with Gasteiger partial charge in [0.15, 0.2) is 0 Å². The van der Waals surface area contributed by atoms with E-state index < -0.39 is 0 Å². The number of halogens is 1. The maximum atomic E-state index is 12.1. The van der Waals surface area contributed by atoms with Crippen molar-refractivity contribution in [1.29, 1.82) is 0 Å². The fourth-order valence-corrected chi connectivity index (χ4v) is 2.82. The Hall–Kier alpha value is -2.62. The van der Waals surface area contributed by atoms with Crippen LogP contribution in [0.15, 0.2) is 79.4 Å². The zero-order valence-electron chi connectivity index (χ0n) is 14.2. The predicted octanol–water partition coefficient (Wildman–Crippen LogP) is 6.00. The number of phenolic OH excluding ortho intramolecular Hbond substituents is 1. The number of aliphatic hydroxyl groups excluding tert-OH is 1. The molecule has 2 N–H and O–H groups in total. The van der Waals surface area contributed by atoms with Crippen molar-refractivity contribution in [1.82, 2.24) is 0 Å². The highest BCUT2D eigenvalue weighted by Gasteiger charge is 2.12. The molecule has 136 valence electrons. The van der Waals surface area contributed by atoms with Crippen LogP contribution in [-0.2, 0) is 4.52 Å². The number of phenols is 1. The number of para-hydroxylation sites is 2. The van der Waals surface area contributed by atoms with Crippen LogP contribution in [0.3, 0.4) is 0 Å². The molecule has 0 spiro atoms. The number of allylic oxidation sites excluding steroid dienone is 4. The van der Waals surface area contributed by atoms with Crippen molar-refractivity contribution in [3.05, 3.63) is 90.5 Å². The van der Waals surface area contributed by atoms with Crippen LogP contribution in [0.4, 0.5) is 4.39 Å². The van der Waals surface area contributed by atoms with Gasteiger partial charge >= 0.3 is 0 Å². The van der Waals surface area contributed by atoms with Gasteiger partial charge in [0.05, 0.1) is 18.7 Å². The molecule has 6 heteroatoms. The van der Waals surface area contributed by atoms with Crippen molar-refractivity contribution in [3.8, 4) is 11.5 Å². The molecule has 0 aromatic heterocycles. The molecule has 0 fully saturated rings. The minimum absolute atomic E-state index is 0.168. The molecule has 4 nitrogen and oxygen atoms in total. The number of hydrogen-bond donors (Lipinski definition) is 2. The third kappa shape index (κ3) is 5.45. The van der Waals surface area contributed by atoms with Crippen molar-refractivity contribution in [2.45, 2.75) is 13.0 Å². The summed E-state index contributed by atoms with van der Waals surface area (Å²) in [6.45, 7) is 1.82. The van der Waals surface area contributed by atoms with E-state index in [4.69, 9.17) is 9.05 Å². The highest BCUT2D eigenvalue weighted by Crippen LogP contribution is 2.35. The van der Waals surface area contributed by atoms with Gasteiger partial charge in [0.2, 0.25) is 9.03 Å². The van der Waals surface area contributed by atoms with Crippen LogP contribution in [0.5, 0.6) is 11.5 Å². The molecule has 0 radical (unpaired) electrons. The summed E-state index contributed by atoms with van der Waals surface area (Å²) in [6.07, 6.45) is 5.24. The van der Waals surface area contributed by atoms with E-state index in [0.717, 1.165) is 6.26 Å². The normalized spacial score (nSPS) is 13.8. The van der Waals surface area contributed by atoms with Crippen LogP contribution in [0.25, 0.3) is 5.57 Å². The summed E-state index contributed by atoms with van der Waals surface area (Å²) in [5.41, 5.74) is 1.79. The third-order valence-electron chi connectivity index (χ3n) is 3.55. The van der Waals surface area contributed by atoms with Crippen LogP contribution < -0.4 is 4.52 Å². The molecule has 2 rings (SSSR count). The van der Waals surface area contributed by atoms with Crippen LogP contribution >= 0.6 is 9.03 Å². The Kier molecular flexibility index (Phi) is 7.87. The van der Waals surface area contributed by atoms with Gasteiger partial charge in [0.1, 0.15) is 11.5 Å². The topological polar surface area (TPSA) is 58.9 Å². The first-order chi connectivity index (χ1) is 12.7. The molecular formula is C20H20FO4P. The van der Waals surface area contributed by atoms with E-state index in [2.05, 4.69) is 0 Å². The van der Waals surface area contributed by atoms with Crippen molar-refractivity contribution in [2.24, 2.45) is 0 Å². The Balaban J connectivity index is 2.05. The summed E-state index contributed by atoms with van der Waals surface area (Å²) < 4.78 is 23.4. The molecule has 2 aromatic carbocycles. The highest BCUT2D eigenvalue weighted by atomic mass is 31.1. The maximum Gasteiger partial charge on any atom is 0.215 e. The summed E-state index contributed by atoms with van der Waals surface area (Å²) in [4.78, 5) is 0. The first-order valence-corrected chi connectivity index (χ1v) is 8.71. The number of benzene rings is 2. The summed E-state index contributed by atoms with van der Waals surface area (Å²) in [7, 11) is -0.313. The van der Waals surface area contributed by atoms with E-state index in [-0.39, 0.29) is 20.9 Å². The summed E-state index contributed by atoms with van der Waals surface area (Å²) in [6, 6.07) is 14.1. The van der Waals surface area contributed by atoms with Gasteiger partial charge in [-0.25, -0.2) is 4.39 Å². The highest BCUT2D eigenvalue weighted by molar-refractivity contribution is 7.26. The second-order valence-corrected chi connectivity index (χ2v) is 5.87. The largest absolute Gasteiger partial charge is 0.515 e. The van der Waals surface area contributed by atoms with Gasteiger partial charge in [-0.1, -0.05) is 48.6 Å². The van der Waals surface area contributed by atoms with E-state index in [1.807, 2.05) is 13.0 Å². The second kappa shape index (κ2) is 10.4. The molecule has 0 heterocycles. The Morgan fingerprint density at radius 3 is 2.58 bits per heavy atom. The van der Waals surface area contributed by atoms with Crippen molar-refractivity contribution in [2.75, 3.05) is 0 Å². The Labute approximate surface area is 153 Å². The monoisotopic (exact) mass is 374 g/mol. The fraction of sp³-hybridized carbons (Fsp3) is 0.100. The van der Waals surface area contributed by atoms with Gasteiger partial charge in [0, 0.05) is 16.7 Å². The van der Waals surface area contributed by atoms with Gasteiger partial charge in [0.25, 0.3) is 0 Å². The van der Waals surface area contributed by atoms with E-state index in [0.29, 0.717) is 28.8 Å². The second-order valence-electron chi connectivity index (χ2n) is 5.26. The lowest BCUT2D eigenvalue weighted by Crippen LogP contribution is -1.96. The minimum atomic E-state index is -0.343. The molecule has 0 saturated heterocycles. The van der Waals surface area contributed by atoms with Crippen LogP contribution in [0, 0.1) is 0 Å². The minimum Gasteiger partial charge on any atom is -0.515 e. The van der Waals surface area contributed by atoms with E-state index in [1.54, 1.807) is 48.5 Å². The molecule has 0 amide bonds. The van der Waals surface area contributed by atoms with E-state index in [9.17, 15) is 14.6 Å². The number of aromatic hydroxyl groups is 1. The average Bonchev–Trinajstić information content (AvgIpc) is 2.66. The van der Waals surface area contributed by atoms with Gasteiger partial charge < -0.3 is 19.3 Å². The van der Waals surface area contributed by atoms with E-state index >= 15 is 0 Å². The first-order valence-electron chi connectivity index (χ1n) is 7.90.